The second kappa shape index (κ2) is 7.48. The summed E-state index contributed by atoms with van der Waals surface area (Å²) in [6, 6.07) is 9.05. The first-order valence-electron chi connectivity index (χ1n) is 5.73. The Labute approximate surface area is 108 Å². The van der Waals surface area contributed by atoms with Gasteiger partial charge in [-0.15, -0.1) is 0 Å². The fourth-order valence-corrected chi connectivity index (χ4v) is 2.58. The summed E-state index contributed by atoms with van der Waals surface area (Å²) in [7, 11) is -1.78. The number of aliphatic hydroxyl groups excluding tert-OH is 1. The molecule has 0 aromatic heterocycles. The zero-order valence-corrected chi connectivity index (χ0v) is 11.3. The minimum absolute atomic E-state index is 0.00958. The standard InChI is InChI=1S/C12H19NO4S/c1-13(7-9-17-10-8-14)18(15,16)11-12-5-3-2-4-6-12/h2-6,14H,7-11H2,1H3. The van der Waals surface area contributed by atoms with Crippen LogP contribution in [0.3, 0.4) is 0 Å². The average Bonchev–Trinajstić information content (AvgIpc) is 2.35. The van der Waals surface area contributed by atoms with Crippen LogP contribution in [-0.4, -0.2) is 51.2 Å². The molecule has 6 heteroatoms. The van der Waals surface area contributed by atoms with Gasteiger partial charge in [0.25, 0.3) is 0 Å². The first kappa shape index (κ1) is 15.1. The van der Waals surface area contributed by atoms with E-state index in [4.69, 9.17) is 9.84 Å². The largest absolute Gasteiger partial charge is 0.394 e. The topological polar surface area (TPSA) is 66.8 Å². The predicted octanol–water partition coefficient (Wildman–Crippen LogP) is 0.457. The molecule has 0 spiro atoms. The monoisotopic (exact) mass is 273 g/mol. The van der Waals surface area contributed by atoms with E-state index in [0.29, 0.717) is 0 Å². The summed E-state index contributed by atoms with van der Waals surface area (Å²) >= 11 is 0. The Hall–Kier alpha value is -0.950. The molecule has 0 aliphatic rings. The van der Waals surface area contributed by atoms with Crippen LogP contribution in [-0.2, 0) is 20.5 Å². The van der Waals surface area contributed by atoms with E-state index < -0.39 is 10.0 Å². The van der Waals surface area contributed by atoms with E-state index in [1.54, 1.807) is 12.1 Å². The molecule has 5 nitrogen and oxygen atoms in total. The Morgan fingerprint density at radius 1 is 1.22 bits per heavy atom. The average molecular weight is 273 g/mol. The van der Waals surface area contributed by atoms with Gasteiger partial charge >= 0.3 is 0 Å². The van der Waals surface area contributed by atoms with Gasteiger partial charge < -0.3 is 9.84 Å². The van der Waals surface area contributed by atoms with Crippen molar-refractivity contribution in [3.8, 4) is 0 Å². The molecule has 0 saturated heterocycles. The number of sulfonamides is 1. The van der Waals surface area contributed by atoms with Gasteiger partial charge in [-0.3, -0.25) is 0 Å². The van der Waals surface area contributed by atoms with E-state index >= 15 is 0 Å². The molecule has 0 unspecified atom stereocenters. The van der Waals surface area contributed by atoms with Crippen molar-refractivity contribution < 1.29 is 18.3 Å². The van der Waals surface area contributed by atoms with E-state index in [0.717, 1.165) is 5.56 Å². The first-order chi connectivity index (χ1) is 8.56. The third-order valence-corrected chi connectivity index (χ3v) is 4.28. The smallest absolute Gasteiger partial charge is 0.218 e. The number of hydrogen-bond acceptors (Lipinski definition) is 4. The summed E-state index contributed by atoms with van der Waals surface area (Å²) in [6.45, 7) is 0.743. The van der Waals surface area contributed by atoms with Gasteiger partial charge in [0.1, 0.15) is 0 Å². The Balaban J connectivity index is 2.47. The van der Waals surface area contributed by atoms with Crippen LogP contribution in [0.5, 0.6) is 0 Å². The second-order valence-corrected chi connectivity index (χ2v) is 5.98. The van der Waals surface area contributed by atoms with Crippen LogP contribution in [0.2, 0.25) is 0 Å². The molecule has 0 bridgehead atoms. The van der Waals surface area contributed by atoms with Gasteiger partial charge in [0.15, 0.2) is 0 Å². The highest BCUT2D eigenvalue weighted by molar-refractivity contribution is 7.88. The van der Waals surface area contributed by atoms with Crippen LogP contribution >= 0.6 is 0 Å². The molecule has 0 heterocycles. The lowest BCUT2D eigenvalue weighted by Gasteiger charge is -2.17. The fraction of sp³-hybridized carbons (Fsp3) is 0.500. The van der Waals surface area contributed by atoms with Crippen LogP contribution < -0.4 is 0 Å². The lowest BCUT2D eigenvalue weighted by atomic mass is 10.2. The van der Waals surface area contributed by atoms with Crippen molar-refractivity contribution in [3.63, 3.8) is 0 Å². The summed E-state index contributed by atoms with van der Waals surface area (Å²) in [6.07, 6.45) is 0. The zero-order valence-electron chi connectivity index (χ0n) is 10.4. The number of rotatable bonds is 8. The Morgan fingerprint density at radius 3 is 2.50 bits per heavy atom. The van der Waals surface area contributed by atoms with Gasteiger partial charge in [-0.1, -0.05) is 30.3 Å². The molecule has 0 radical (unpaired) electrons. The van der Waals surface area contributed by atoms with Crippen molar-refractivity contribution in [3.05, 3.63) is 35.9 Å². The highest BCUT2D eigenvalue weighted by Crippen LogP contribution is 2.08. The van der Waals surface area contributed by atoms with Gasteiger partial charge in [0, 0.05) is 13.6 Å². The molecule has 102 valence electrons. The fourth-order valence-electron chi connectivity index (χ4n) is 1.39. The predicted molar refractivity (Wildman–Crippen MR) is 69.6 cm³/mol. The molecule has 0 saturated carbocycles. The molecule has 1 aromatic carbocycles. The minimum atomic E-state index is -3.31. The molecule has 0 fully saturated rings. The van der Waals surface area contributed by atoms with Crippen molar-refractivity contribution in [1.29, 1.82) is 0 Å². The Bertz CT molecular complexity index is 433. The minimum Gasteiger partial charge on any atom is -0.394 e. The van der Waals surface area contributed by atoms with Crippen LogP contribution in [0.15, 0.2) is 30.3 Å². The normalized spacial score (nSPS) is 11.9. The number of likely N-dealkylation sites (N-methyl/N-ethyl adjacent to an activating group) is 1. The number of hydrogen-bond donors (Lipinski definition) is 1. The van der Waals surface area contributed by atoms with E-state index in [-0.39, 0.29) is 32.1 Å². The molecule has 1 rings (SSSR count). The maximum absolute atomic E-state index is 12.0. The maximum Gasteiger partial charge on any atom is 0.218 e. The number of ether oxygens (including phenoxy) is 1. The summed E-state index contributed by atoms with van der Waals surface area (Å²) in [5.74, 6) is -0.00958. The second-order valence-electron chi connectivity index (χ2n) is 3.90. The van der Waals surface area contributed by atoms with Gasteiger partial charge in [-0.25, -0.2) is 12.7 Å². The van der Waals surface area contributed by atoms with Crippen molar-refractivity contribution in [2.45, 2.75) is 5.75 Å². The Kier molecular flexibility index (Phi) is 6.28. The molecule has 1 aromatic rings. The molecule has 1 N–H and O–H groups in total. The summed E-state index contributed by atoms with van der Waals surface area (Å²) in [5.41, 5.74) is 0.764. The third-order valence-electron chi connectivity index (χ3n) is 2.45. The molecule has 0 amide bonds. The lowest BCUT2D eigenvalue weighted by Crippen LogP contribution is -2.31. The molecular formula is C12H19NO4S. The third kappa shape index (κ3) is 5.14. The summed E-state index contributed by atoms with van der Waals surface area (Å²) < 4.78 is 30.3. The summed E-state index contributed by atoms with van der Waals surface area (Å²) in [4.78, 5) is 0. The summed E-state index contributed by atoms with van der Waals surface area (Å²) in [5, 5.41) is 8.53. The molecule has 0 aliphatic heterocycles. The first-order valence-corrected chi connectivity index (χ1v) is 7.34. The highest BCUT2D eigenvalue weighted by atomic mass is 32.2. The molecule has 0 atom stereocenters. The number of benzene rings is 1. The van der Waals surface area contributed by atoms with Gasteiger partial charge in [-0.05, 0) is 5.56 Å². The van der Waals surface area contributed by atoms with Gasteiger partial charge in [0.2, 0.25) is 10.0 Å². The van der Waals surface area contributed by atoms with E-state index in [2.05, 4.69) is 0 Å². The van der Waals surface area contributed by atoms with Crippen molar-refractivity contribution >= 4 is 10.0 Å². The lowest BCUT2D eigenvalue weighted by molar-refractivity contribution is 0.0876. The Morgan fingerprint density at radius 2 is 1.89 bits per heavy atom. The van der Waals surface area contributed by atoms with Crippen LogP contribution in [0.1, 0.15) is 5.56 Å². The van der Waals surface area contributed by atoms with Crippen LogP contribution in [0.4, 0.5) is 0 Å². The number of aliphatic hydroxyl groups is 1. The molecule has 0 aliphatic carbocycles. The maximum atomic E-state index is 12.0. The van der Waals surface area contributed by atoms with E-state index in [9.17, 15) is 8.42 Å². The van der Waals surface area contributed by atoms with Crippen molar-refractivity contribution in [2.24, 2.45) is 0 Å². The van der Waals surface area contributed by atoms with E-state index in [1.165, 1.54) is 11.4 Å². The van der Waals surface area contributed by atoms with E-state index in [1.807, 2.05) is 18.2 Å². The quantitative estimate of drug-likeness (QED) is 0.699. The SMILES string of the molecule is CN(CCOCCO)S(=O)(=O)Cc1ccccc1. The van der Waals surface area contributed by atoms with Gasteiger partial charge in [0.05, 0.1) is 25.6 Å². The van der Waals surface area contributed by atoms with Crippen LogP contribution in [0, 0.1) is 0 Å². The van der Waals surface area contributed by atoms with Crippen LogP contribution in [0.25, 0.3) is 0 Å². The number of nitrogens with zero attached hydrogens (tertiary/aromatic N) is 1. The highest BCUT2D eigenvalue weighted by Gasteiger charge is 2.17. The van der Waals surface area contributed by atoms with Gasteiger partial charge in [-0.2, -0.15) is 0 Å². The zero-order chi connectivity index (χ0) is 13.4. The van der Waals surface area contributed by atoms with Crippen molar-refractivity contribution in [1.82, 2.24) is 4.31 Å². The molecule has 18 heavy (non-hydrogen) atoms. The molecular weight excluding hydrogens is 254 g/mol. The van der Waals surface area contributed by atoms with Crippen molar-refractivity contribution in [2.75, 3.05) is 33.4 Å².